The Morgan fingerprint density at radius 1 is 1.33 bits per heavy atom. The number of fused-ring (bicyclic) bond motifs is 1. The van der Waals surface area contributed by atoms with Gasteiger partial charge in [0.25, 0.3) is 0 Å². The molecule has 0 bridgehead atoms. The smallest absolute Gasteiger partial charge is 0.222 e. The van der Waals surface area contributed by atoms with Crippen LogP contribution in [0, 0.1) is 12.8 Å². The highest BCUT2D eigenvalue weighted by molar-refractivity contribution is 6.31. The van der Waals surface area contributed by atoms with Gasteiger partial charge in [0, 0.05) is 37.4 Å². The fraction of sp³-hybridized carbons (Fsp3) is 0.579. The predicted molar refractivity (Wildman–Crippen MR) is 93.8 cm³/mol. The monoisotopic (exact) mass is 349 g/mol. The van der Waals surface area contributed by atoms with Crippen molar-refractivity contribution in [1.29, 1.82) is 0 Å². The standard InChI is InChI=1S/C19H24ClNO3/c1-12(2)8-17(23)21-6-4-19(5-7-21)11-16(22)15-10-14(20)9-13(3)18(15)24-19/h9-10,12H,4-8,11H2,1-3H3. The summed E-state index contributed by atoms with van der Waals surface area (Å²) in [6.45, 7) is 7.33. The second-order valence-electron chi connectivity index (χ2n) is 7.46. The van der Waals surface area contributed by atoms with E-state index >= 15 is 0 Å². The fourth-order valence-corrected chi connectivity index (χ4v) is 3.91. The van der Waals surface area contributed by atoms with Crippen LogP contribution in [-0.4, -0.2) is 35.3 Å². The molecular formula is C19H24ClNO3. The largest absolute Gasteiger partial charge is 0.486 e. The number of hydrogen-bond acceptors (Lipinski definition) is 3. The van der Waals surface area contributed by atoms with Crippen LogP contribution in [0.2, 0.25) is 5.02 Å². The quantitative estimate of drug-likeness (QED) is 0.810. The van der Waals surface area contributed by atoms with Crippen LogP contribution < -0.4 is 4.74 Å². The number of piperidine rings is 1. The van der Waals surface area contributed by atoms with E-state index in [1.807, 2.05) is 17.9 Å². The molecule has 0 unspecified atom stereocenters. The molecule has 2 aliphatic heterocycles. The Labute approximate surface area is 148 Å². The molecule has 5 heteroatoms. The molecule has 0 radical (unpaired) electrons. The minimum absolute atomic E-state index is 0.0869. The van der Waals surface area contributed by atoms with E-state index in [9.17, 15) is 9.59 Å². The van der Waals surface area contributed by atoms with Crippen molar-refractivity contribution in [3.05, 3.63) is 28.3 Å². The van der Waals surface area contributed by atoms with E-state index in [4.69, 9.17) is 16.3 Å². The summed E-state index contributed by atoms with van der Waals surface area (Å²) in [4.78, 5) is 26.7. The lowest BCUT2D eigenvalue weighted by atomic mass is 9.82. The molecule has 0 aliphatic carbocycles. The summed E-state index contributed by atoms with van der Waals surface area (Å²) in [5.41, 5.74) is 1.00. The second-order valence-corrected chi connectivity index (χ2v) is 7.90. The molecule has 1 aromatic carbocycles. The molecule has 1 fully saturated rings. The number of aryl methyl sites for hydroxylation is 1. The first-order valence-electron chi connectivity index (χ1n) is 8.60. The topological polar surface area (TPSA) is 46.6 Å². The number of nitrogens with zero attached hydrogens (tertiary/aromatic N) is 1. The summed E-state index contributed by atoms with van der Waals surface area (Å²) in [6.07, 6.45) is 2.34. The summed E-state index contributed by atoms with van der Waals surface area (Å²) in [5, 5.41) is 0.563. The van der Waals surface area contributed by atoms with Gasteiger partial charge in [-0.3, -0.25) is 9.59 Å². The Hall–Kier alpha value is -1.55. The molecule has 130 valence electrons. The third kappa shape index (κ3) is 3.30. The average molecular weight is 350 g/mol. The Morgan fingerprint density at radius 3 is 2.62 bits per heavy atom. The molecule has 1 aromatic rings. The highest BCUT2D eigenvalue weighted by atomic mass is 35.5. The van der Waals surface area contributed by atoms with Gasteiger partial charge in [-0.25, -0.2) is 0 Å². The van der Waals surface area contributed by atoms with Gasteiger partial charge >= 0.3 is 0 Å². The van der Waals surface area contributed by atoms with Crippen LogP contribution in [0.1, 0.15) is 55.5 Å². The maximum Gasteiger partial charge on any atom is 0.222 e. The Bertz CT molecular complexity index is 675. The van der Waals surface area contributed by atoms with Crippen molar-refractivity contribution < 1.29 is 14.3 Å². The van der Waals surface area contributed by atoms with Crippen molar-refractivity contribution in [2.75, 3.05) is 13.1 Å². The van der Waals surface area contributed by atoms with Crippen molar-refractivity contribution in [3.8, 4) is 5.75 Å². The molecule has 24 heavy (non-hydrogen) atoms. The van der Waals surface area contributed by atoms with Gasteiger partial charge in [0.15, 0.2) is 5.78 Å². The lowest BCUT2D eigenvalue weighted by Crippen LogP contribution is -2.52. The van der Waals surface area contributed by atoms with Crippen LogP contribution in [-0.2, 0) is 4.79 Å². The van der Waals surface area contributed by atoms with Gasteiger partial charge in [-0.2, -0.15) is 0 Å². The van der Waals surface area contributed by atoms with Crippen molar-refractivity contribution in [3.63, 3.8) is 0 Å². The van der Waals surface area contributed by atoms with E-state index in [0.29, 0.717) is 61.0 Å². The van der Waals surface area contributed by atoms with Crippen LogP contribution in [0.5, 0.6) is 5.75 Å². The number of carbonyl (C=O) groups excluding carboxylic acids is 2. The second kappa shape index (κ2) is 6.40. The normalized spacial score (nSPS) is 19.4. The fourth-order valence-electron chi connectivity index (χ4n) is 3.63. The highest BCUT2D eigenvalue weighted by Gasteiger charge is 2.44. The third-order valence-electron chi connectivity index (χ3n) is 4.95. The van der Waals surface area contributed by atoms with Gasteiger partial charge < -0.3 is 9.64 Å². The van der Waals surface area contributed by atoms with E-state index in [1.165, 1.54) is 0 Å². The lowest BCUT2D eigenvalue weighted by molar-refractivity contribution is -0.135. The Morgan fingerprint density at radius 2 is 2.00 bits per heavy atom. The number of benzene rings is 1. The minimum Gasteiger partial charge on any atom is -0.486 e. The number of rotatable bonds is 2. The summed E-state index contributed by atoms with van der Waals surface area (Å²) in [5.74, 6) is 1.31. The molecule has 0 saturated carbocycles. The zero-order chi connectivity index (χ0) is 17.5. The number of Topliss-reactive ketones (excluding diaryl/α,β-unsaturated/α-hetero) is 1. The van der Waals surface area contributed by atoms with Crippen LogP contribution >= 0.6 is 11.6 Å². The zero-order valence-corrected chi connectivity index (χ0v) is 15.3. The first kappa shape index (κ1) is 17.3. The maximum atomic E-state index is 12.6. The van der Waals surface area contributed by atoms with Crippen LogP contribution in [0.15, 0.2) is 12.1 Å². The SMILES string of the molecule is Cc1cc(Cl)cc2c1OC1(CCN(C(=O)CC(C)C)CC1)CC2=O. The molecule has 4 nitrogen and oxygen atoms in total. The van der Waals surface area contributed by atoms with Crippen molar-refractivity contribution in [2.24, 2.45) is 5.92 Å². The summed E-state index contributed by atoms with van der Waals surface area (Å²) in [6, 6.07) is 3.52. The maximum absolute atomic E-state index is 12.6. The first-order valence-corrected chi connectivity index (χ1v) is 8.97. The third-order valence-corrected chi connectivity index (χ3v) is 5.17. The zero-order valence-electron chi connectivity index (χ0n) is 14.5. The van der Waals surface area contributed by atoms with Gasteiger partial charge in [-0.15, -0.1) is 0 Å². The molecule has 1 spiro atoms. The Kier molecular flexibility index (Phi) is 4.60. The number of carbonyl (C=O) groups is 2. The molecule has 0 N–H and O–H groups in total. The van der Waals surface area contributed by atoms with E-state index in [2.05, 4.69) is 13.8 Å². The molecule has 1 amide bonds. The number of amides is 1. The molecule has 3 rings (SSSR count). The van der Waals surface area contributed by atoms with Gasteiger partial charge in [-0.1, -0.05) is 25.4 Å². The minimum atomic E-state index is -0.475. The molecule has 0 atom stereocenters. The number of likely N-dealkylation sites (tertiary alicyclic amines) is 1. The molecular weight excluding hydrogens is 326 g/mol. The first-order chi connectivity index (χ1) is 11.3. The highest BCUT2D eigenvalue weighted by Crippen LogP contribution is 2.42. The van der Waals surface area contributed by atoms with Crippen LogP contribution in [0.4, 0.5) is 0 Å². The van der Waals surface area contributed by atoms with Crippen LogP contribution in [0.25, 0.3) is 0 Å². The van der Waals surface area contributed by atoms with Crippen molar-refractivity contribution >= 4 is 23.3 Å². The molecule has 0 aromatic heterocycles. The number of ketones is 1. The molecule has 2 heterocycles. The van der Waals surface area contributed by atoms with E-state index < -0.39 is 5.60 Å². The van der Waals surface area contributed by atoms with E-state index in [1.54, 1.807) is 6.07 Å². The average Bonchev–Trinajstić information content (AvgIpc) is 2.49. The summed E-state index contributed by atoms with van der Waals surface area (Å²) < 4.78 is 6.31. The van der Waals surface area contributed by atoms with Gasteiger partial charge in [0.05, 0.1) is 12.0 Å². The molecule has 2 aliphatic rings. The van der Waals surface area contributed by atoms with Gasteiger partial charge in [-0.05, 0) is 30.5 Å². The lowest BCUT2D eigenvalue weighted by Gasteiger charge is -2.44. The summed E-state index contributed by atoms with van der Waals surface area (Å²) in [7, 11) is 0. The van der Waals surface area contributed by atoms with Crippen LogP contribution in [0.3, 0.4) is 0 Å². The van der Waals surface area contributed by atoms with Crippen molar-refractivity contribution in [1.82, 2.24) is 4.90 Å². The molecule has 1 saturated heterocycles. The van der Waals surface area contributed by atoms with E-state index in [0.717, 1.165) is 5.56 Å². The summed E-state index contributed by atoms with van der Waals surface area (Å²) >= 11 is 6.07. The van der Waals surface area contributed by atoms with Gasteiger partial charge in [0.2, 0.25) is 5.91 Å². The van der Waals surface area contributed by atoms with Gasteiger partial charge in [0.1, 0.15) is 11.4 Å². The van der Waals surface area contributed by atoms with Crippen molar-refractivity contribution in [2.45, 2.75) is 52.1 Å². The number of hydrogen-bond donors (Lipinski definition) is 0. The predicted octanol–water partition coefficient (Wildman–Crippen LogP) is 4.02. The van der Waals surface area contributed by atoms with E-state index in [-0.39, 0.29) is 11.7 Å². The number of halogens is 1. The Balaban J connectivity index is 1.75. The number of ether oxygens (including phenoxy) is 1.